The molecule has 0 radical (unpaired) electrons. The summed E-state index contributed by atoms with van der Waals surface area (Å²) in [6, 6.07) is 9.34. The van der Waals surface area contributed by atoms with Crippen molar-refractivity contribution in [3.8, 4) is 0 Å². The third-order valence-electron chi connectivity index (χ3n) is 5.63. The molecule has 0 aromatic heterocycles. The first-order valence-corrected chi connectivity index (χ1v) is 9.85. The minimum atomic E-state index is -1.35. The zero-order valence-corrected chi connectivity index (χ0v) is 16.0. The van der Waals surface area contributed by atoms with Gasteiger partial charge in [-0.15, -0.1) is 0 Å². The van der Waals surface area contributed by atoms with Crippen LogP contribution in [-0.4, -0.2) is 77.6 Å². The zero-order valence-electron chi connectivity index (χ0n) is 16.0. The highest BCUT2D eigenvalue weighted by Gasteiger charge is 2.54. The number of rotatable bonds is 8. The summed E-state index contributed by atoms with van der Waals surface area (Å²) < 4.78 is 0. The second kappa shape index (κ2) is 9.27. The van der Waals surface area contributed by atoms with E-state index in [1.54, 1.807) is 0 Å². The van der Waals surface area contributed by atoms with E-state index in [-0.39, 0.29) is 6.61 Å². The molecule has 2 fully saturated rings. The van der Waals surface area contributed by atoms with Crippen molar-refractivity contribution in [3.63, 3.8) is 0 Å². The lowest BCUT2D eigenvalue weighted by molar-refractivity contribution is -0.150. The highest BCUT2D eigenvalue weighted by molar-refractivity contribution is 6.22. The summed E-state index contributed by atoms with van der Waals surface area (Å²) in [6.45, 7) is 3.07. The monoisotopic (exact) mass is 388 g/mol. The first-order chi connectivity index (χ1) is 13.6. The van der Waals surface area contributed by atoms with Crippen molar-refractivity contribution >= 4 is 17.8 Å². The number of aryl methyl sites for hydroxylation is 1. The Bertz CT molecular complexity index is 681. The number of nitrogens with zero attached hydrogens (tertiary/aromatic N) is 2. The molecule has 3 N–H and O–H groups in total. The topological polar surface area (TPSA) is 102 Å². The van der Waals surface area contributed by atoms with Crippen molar-refractivity contribution < 1.29 is 19.5 Å². The number of hydrogen-bond donors (Lipinski definition) is 3. The van der Waals surface area contributed by atoms with Crippen molar-refractivity contribution in [2.45, 2.75) is 31.2 Å². The summed E-state index contributed by atoms with van der Waals surface area (Å²) in [7, 11) is 0. The lowest BCUT2D eigenvalue weighted by atomic mass is 9.85. The van der Waals surface area contributed by atoms with E-state index in [1.165, 1.54) is 5.56 Å². The number of amides is 4. The lowest BCUT2D eigenvalue weighted by Crippen LogP contribution is -2.74. The number of hydrogen-bond acceptors (Lipinski definition) is 6. The molecule has 4 amide bonds. The molecule has 8 heteroatoms. The van der Waals surface area contributed by atoms with Gasteiger partial charge in [-0.25, -0.2) is 4.79 Å². The third kappa shape index (κ3) is 4.40. The molecule has 0 saturated carbocycles. The van der Waals surface area contributed by atoms with Crippen LogP contribution in [0.1, 0.15) is 24.8 Å². The Morgan fingerprint density at radius 1 is 0.929 bits per heavy atom. The Hall–Kier alpha value is -2.29. The van der Waals surface area contributed by atoms with E-state index < -0.39 is 23.4 Å². The Kier molecular flexibility index (Phi) is 6.77. The van der Waals surface area contributed by atoms with Crippen LogP contribution < -0.4 is 10.6 Å². The van der Waals surface area contributed by atoms with Crippen molar-refractivity contribution in [1.82, 2.24) is 20.4 Å². The Morgan fingerprint density at radius 2 is 1.57 bits per heavy atom. The van der Waals surface area contributed by atoms with Gasteiger partial charge in [-0.1, -0.05) is 36.8 Å². The second-order valence-electron chi connectivity index (χ2n) is 7.34. The number of nitrogens with one attached hydrogen (secondary N) is 2. The second-order valence-corrected chi connectivity index (χ2v) is 7.34. The Labute approximate surface area is 164 Å². The molecule has 2 saturated heterocycles. The van der Waals surface area contributed by atoms with E-state index >= 15 is 0 Å². The molecular formula is C20H28N4O4. The zero-order chi connectivity index (χ0) is 20.0. The summed E-state index contributed by atoms with van der Waals surface area (Å²) in [4.78, 5) is 41.2. The highest BCUT2D eigenvalue weighted by atomic mass is 16.3. The summed E-state index contributed by atoms with van der Waals surface area (Å²) in [5, 5.41) is 13.7. The van der Waals surface area contributed by atoms with Crippen molar-refractivity contribution in [2.24, 2.45) is 0 Å². The Balaban J connectivity index is 1.67. The normalized spacial score (nSPS) is 20.7. The SMILES string of the molecule is O=C1NC(=O)C(CCCCc2ccccc2)(N2CCN(CCO)CC2)C(=O)N1. The minimum absolute atomic E-state index is 0.0834. The number of carbonyl (C=O) groups excluding carboxylic acids is 3. The van der Waals surface area contributed by atoms with Crippen LogP contribution in [-0.2, 0) is 16.0 Å². The van der Waals surface area contributed by atoms with Crippen LogP contribution in [0, 0.1) is 0 Å². The highest BCUT2D eigenvalue weighted by Crippen LogP contribution is 2.27. The largest absolute Gasteiger partial charge is 0.395 e. The average Bonchev–Trinajstić information content (AvgIpc) is 2.69. The molecule has 2 aliphatic rings. The molecule has 0 atom stereocenters. The van der Waals surface area contributed by atoms with Gasteiger partial charge in [0.25, 0.3) is 11.8 Å². The fourth-order valence-electron chi connectivity index (χ4n) is 4.07. The van der Waals surface area contributed by atoms with Crippen LogP contribution in [0.3, 0.4) is 0 Å². The van der Waals surface area contributed by atoms with Crippen LogP contribution in [0.5, 0.6) is 0 Å². The van der Waals surface area contributed by atoms with Gasteiger partial charge in [-0.2, -0.15) is 0 Å². The molecule has 0 aliphatic carbocycles. The number of imide groups is 2. The summed E-state index contributed by atoms with van der Waals surface area (Å²) in [6.07, 6.45) is 2.79. The number of urea groups is 1. The van der Waals surface area contributed by atoms with Gasteiger partial charge < -0.3 is 5.11 Å². The van der Waals surface area contributed by atoms with Gasteiger partial charge in [-0.05, 0) is 24.8 Å². The minimum Gasteiger partial charge on any atom is -0.395 e. The molecule has 8 nitrogen and oxygen atoms in total. The summed E-state index contributed by atoms with van der Waals surface area (Å²) in [5.41, 5.74) is -0.127. The van der Waals surface area contributed by atoms with E-state index in [0.717, 1.165) is 12.8 Å². The van der Waals surface area contributed by atoms with Gasteiger partial charge in [0.1, 0.15) is 0 Å². The maximum Gasteiger partial charge on any atom is 0.328 e. The average molecular weight is 388 g/mol. The van der Waals surface area contributed by atoms with Crippen molar-refractivity contribution in [3.05, 3.63) is 35.9 Å². The number of piperazine rings is 1. The van der Waals surface area contributed by atoms with Crippen molar-refractivity contribution in [2.75, 3.05) is 39.3 Å². The van der Waals surface area contributed by atoms with E-state index in [4.69, 9.17) is 5.11 Å². The first kappa shape index (κ1) is 20.4. The molecule has 1 aromatic carbocycles. The fourth-order valence-corrected chi connectivity index (χ4v) is 4.07. The predicted octanol–water partition coefficient (Wildman–Crippen LogP) is 0.114. The van der Waals surface area contributed by atoms with E-state index in [0.29, 0.717) is 45.6 Å². The van der Waals surface area contributed by atoms with E-state index in [2.05, 4.69) is 27.7 Å². The standard InChI is InChI=1S/C20H28N4O4/c25-15-14-23-10-12-24(13-11-23)20(17(26)21-19(28)22-18(20)27)9-5-4-8-16-6-2-1-3-7-16/h1-3,6-7,25H,4-5,8-15H2,(H2,21,22,26,27,28). The Morgan fingerprint density at radius 3 is 2.18 bits per heavy atom. The van der Waals surface area contributed by atoms with Crippen LogP contribution in [0.2, 0.25) is 0 Å². The van der Waals surface area contributed by atoms with Gasteiger partial charge >= 0.3 is 6.03 Å². The molecule has 0 bridgehead atoms. The van der Waals surface area contributed by atoms with Gasteiger partial charge in [0.2, 0.25) is 0 Å². The van der Waals surface area contributed by atoms with Gasteiger partial charge in [0.05, 0.1) is 6.61 Å². The van der Waals surface area contributed by atoms with E-state index in [1.807, 2.05) is 23.1 Å². The number of β-amino-alcohol motifs (C(OH)–C–C–N with tert-alkyl or cyclic N) is 1. The number of aliphatic hydroxyl groups is 1. The molecule has 2 heterocycles. The molecule has 1 aromatic rings. The molecule has 0 spiro atoms. The summed E-state index contributed by atoms with van der Waals surface area (Å²) >= 11 is 0. The molecule has 0 unspecified atom stereocenters. The predicted molar refractivity (Wildman–Crippen MR) is 104 cm³/mol. The molecule has 28 heavy (non-hydrogen) atoms. The lowest BCUT2D eigenvalue weighted by Gasteiger charge is -2.46. The van der Waals surface area contributed by atoms with Gasteiger partial charge in [0, 0.05) is 32.7 Å². The van der Waals surface area contributed by atoms with Crippen molar-refractivity contribution in [1.29, 1.82) is 0 Å². The number of barbiturate groups is 1. The van der Waals surface area contributed by atoms with Crippen LogP contribution in [0.15, 0.2) is 30.3 Å². The third-order valence-corrected chi connectivity index (χ3v) is 5.63. The van der Waals surface area contributed by atoms with Crippen LogP contribution in [0.4, 0.5) is 4.79 Å². The maximum absolute atomic E-state index is 12.8. The summed E-state index contributed by atoms with van der Waals surface area (Å²) in [5.74, 6) is -1.06. The number of carbonyl (C=O) groups is 3. The molecule has 152 valence electrons. The number of unbranched alkanes of at least 4 members (excludes halogenated alkanes) is 1. The van der Waals surface area contributed by atoms with Gasteiger partial charge in [0.15, 0.2) is 5.54 Å². The van der Waals surface area contributed by atoms with E-state index in [9.17, 15) is 14.4 Å². The van der Waals surface area contributed by atoms with Crippen LogP contribution in [0.25, 0.3) is 0 Å². The molecule has 2 aliphatic heterocycles. The molecular weight excluding hydrogens is 360 g/mol. The number of aliphatic hydroxyl groups excluding tert-OH is 1. The smallest absolute Gasteiger partial charge is 0.328 e. The maximum atomic E-state index is 12.8. The van der Waals surface area contributed by atoms with Gasteiger partial charge in [-0.3, -0.25) is 30.0 Å². The molecule has 3 rings (SSSR count). The quantitative estimate of drug-likeness (QED) is 0.432. The first-order valence-electron chi connectivity index (χ1n) is 9.85. The fraction of sp³-hybridized carbons (Fsp3) is 0.550. The number of benzene rings is 1. The van der Waals surface area contributed by atoms with Crippen LogP contribution >= 0.6 is 0 Å².